The third kappa shape index (κ3) is 12.1. The zero-order valence-electron chi connectivity index (χ0n) is 29.1. The number of ether oxygens (including phenoxy) is 2. The van der Waals surface area contributed by atoms with Gasteiger partial charge in [-0.2, -0.15) is 0 Å². The van der Waals surface area contributed by atoms with Gasteiger partial charge in [0.2, 0.25) is 11.8 Å². The average molecular weight is 640 g/mol. The lowest BCUT2D eigenvalue weighted by atomic mass is 9.93. The summed E-state index contributed by atoms with van der Waals surface area (Å²) in [6.45, 7) is 17.4. The van der Waals surface area contributed by atoms with Crippen LogP contribution >= 0.6 is 0 Å². The summed E-state index contributed by atoms with van der Waals surface area (Å²) in [4.78, 5) is 56.4. The Bertz CT molecular complexity index is 1330. The van der Waals surface area contributed by atoms with E-state index in [1.807, 2.05) is 64.1 Å². The van der Waals surface area contributed by atoms with E-state index in [0.29, 0.717) is 5.56 Å². The van der Waals surface area contributed by atoms with E-state index in [2.05, 4.69) is 10.6 Å². The Labute approximate surface area is 274 Å². The third-order valence-corrected chi connectivity index (χ3v) is 7.11. The molecule has 10 nitrogen and oxygen atoms in total. The van der Waals surface area contributed by atoms with Gasteiger partial charge in [-0.25, -0.2) is 9.59 Å². The zero-order chi connectivity index (χ0) is 34.8. The molecule has 254 valence electrons. The summed E-state index contributed by atoms with van der Waals surface area (Å²) in [5.74, 6) is -1.81. The zero-order valence-corrected chi connectivity index (χ0v) is 29.1. The monoisotopic (exact) mass is 639 g/mol. The normalized spacial score (nSPS) is 13.7. The van der Waals surface area contributed by atoms with Crippen molar-refractivity contribution in [3.05, 3.63) is 70.8 Å². The van der Waals surface area contributed by atoms with Crippen LogP contribution in [0.3, 0.4) is 0 Å². The van der Waals surface area contributed by atoms with E-state index >= 15 is 0 Å². The molecule has 46 heavy (non-hydrogen) atoms. The maximum Gasteiger partial charge on any atom is 0.408 e. The number of aliphatic hydroxyl groups is 1. The van der Waals surface area contributed by atoms with E-state index in [-0.39, 0.29) is 25.3 Å². The van der Waals surface area contributed by atoms with E-state index in [1.54, 1.807) is 53.7 Å². The molecule has 2 aromatic carbocycles. The van der Waals surface area contributed by atoms with Crippen molar-refractivity contribution in [3.63, 3.8) is 0 Å². The Hall–Kier alpha value is -3.92. The quantitative estimate of drug-likeness (QED) is 0.257. The van der Waals surface area contributed by atoms with Crippen LogP contribution in [0.15, 0.2) is 48.5 Å². The van der Waals surface area contributed by atoms with E-state index in [1.165, 1.54) is 4.90 Å². The summed E-state index contributed by atoms with van der Waals surface area (Å²) >= 11 is 0. The molecular formula is C36H53N3O7. The molecule has 10 heteroatoms. The van der Waals surface area contributed by atoms with Crippen LogP contribution < -0.4 is 10.6 Å². The van der Waals surface area contributed by atoms with Gasteiger partial charge in [0, 0.05) is 13.0 Å². The summed E-state index contributed by atoms with van der Waals surface area (Å²) < 4.78 is 11.1. The Morgan fingerprint density at radius 2 is 1.43 bits per heavy atom. The van der Waals surface area contributed by atoms with Crippen molar-refractivity contribution < 1.29 is 33.8 Å². The average Bonchev–Trinajstić information content (AvgIpc) is 2.92. The lowest BCUT2D eigenvalue weighted by Crippen LogP contribution is -2.56. The van der Waals surface area contributed by atoms with Gasteiger partial charge in [-0.05, 0) is 90.0 Å². The number of amides is 3. The first-order chi connectivity index (χ1) is 21.3. The topological polar surface area (TPSA) is 134 Å². The number of esters is 1. The molecule has 0 aliphatic rings. The molecule has 0 fully saturated rings. The number of aliphatic hydroxyl groups excluding tert-OH is 1. The van der Waals surface area contributed by atoms with Crippen LogP contribution in [-0.4, -0.2) is 70.3 Å². The number of hydrogen-bond acceptors (Lipinski definition) is 7. The number of hydrogen-bond donors (Lipinski definition) is 3. The molecule has 3 N–H and O–H groups in total. The molecule has 3 amide bonds. The second-order valence-corrected chi connectivity index (χ2v) is 14.1. The molecule has 3 atom stereocenters. The summed E-state index contributed by atoms with van der Waals surface area (Å²) in [5.41, 5.74) is 1.41. The Kier molecular flexibility index (Phi) is 13.8. The van der Waals surface area contributed by atoms with Crippen LogP contribution in [-0.2, 0) is 30.3 Å². The second-order valence-electron chi connectivity index (χ2n) is 14.1. The minimum Gasteiger partial charge on any atom is -0.458 e. The fourth-order valence-electron chi connectivity index (χ4n) is 5.00. The van der Waals surface area contributed by atoms with E-state index in [0.717, 1.165) is 16.7 Å². The van der Waals surface area contributed by atoms with Gasteiger partial charge in [0.05, 0.1) is 6.61 Å². The Balaban J connectivity index is 2.63. The number of alkyl carbamates (subject to hydrolysis) is 1. The molecule has 0 radical (unpaired) electrons. The van der Waals surface area contributed by atoms with Crippen LogP contribution in [0.1, 0.15) is 90.1 Å². The van der Waals surface area contributed by atoms with Crippen LogP contribution in [0, 0.1) is 19.8 Å². The van der Waals surface area contributed by atoms with Crippen molar-refractivity contribution in [2.45, 2.75) is 111 Å². The number of nitrogens with one attached hydrogen (secondary N) is 2. The molecule has 0 spiro atoms. The van der Waals surface area contributed by atoms with E-state index in [9.17, 15) is 24.3 Å². The molecule has 0 saturated heterocycles. The molecule has 0 bridgehead atoms. The van der Waals surface area contributed by atoms with Gasteiger partial charge in [-0.1, -0.05) is 62.4 Å². The van der Waals surface area contributed by atoms with Crippen LogP contribution in [0.4, 0.5) is 4.79 Å². The highest BCUT2D eigenvalue weighted by atomic mass is 16.6. The SMILES string of the molecule is Cc1cccc(C(C(=O)NC(Cc2ccccc2)C(=O)OC(C)(C)C)N(CCO)C(=O)C(CC(C)C)NC(=O)OC(C)(C)C)c1C. The maximum atomic E-state index is 14.4. The van der Waals surface area contributed by atoms with Crippen molar-refractivity contribution in [1.82, 2.24) is 15.5 Å². The van der Waals surface area contributed by atoms with Crippen molar-refractivity contribution in [3.8, 4) is 0 Å². The summed E-state index contributed by atoms with van der Waals surface area (Å²) in [6, 6.07) is 11.3. The first-order valence-electron chi connectivity index (χ1n) is 15.9. The minimum atomic E-state index is -1.24. The van der Waals surface area contributed by atoms with Crippen molar-refractivity contribution in [1.29, 1.82) is 0 Å². The Morgan fingerprint density at radius 1 is 0.826 bits per heavy atom. The third-order valence-electron chi connectivity index (χ3n) is 7.11. The molecule has 2 rings (SSSR count). The van der Waals surface area contributed by atoms with Gasteiger partial charge in [0.1, 0.15) is 29.3 Å². The first kappa shape index (κ1) is 38.3. The van der Waals surface area contributed by atoms with Gasteiger partial charge >= 0.3 is 12.1 Å². The smallest absolute Gasteiger partial charge is 0.408 e. The van der Waals surface area contributed by atoms with Crippen LogP contribution in [0.2, 0.25) is 0 Å². The van der Waals surface area contributed by atoms with Gasteiger partial charge in [-0.3, -0.25) is 9.59 Å². The number of rotatable bonds is 13. The number of aryl methyl sites for hydroxylation is 1. The molecule has 0 aromatic heterocycles. The lowest BCUT2D eigenvalue weighted by molar-refractivity contribution is -0.159. The summed E-state index contributed by atoms with van der Waals surface area (Å²) in [5, 5.41) is 15.7. The standard InChI is InChI=1S/C36H53N3O7/c1-23(2)21-28(38-34(44)46-36(8,9)10)32(42)39(19-20-40)30(27-18-14-15-24(3)25(27)4)31(41)37-29(33(43)45-35(5,6)7)22-26-16-12-11-13-17-26/h11-18,23,28-30,40H,19-22H2,1-10H3,(H,37,41)(H,38,44). The number of nitrogens with zero attached hydrogens (tertiary/aromatic N) is 1. The second kappa shape index (κ2) is 16.6. The maximum absolute atomic E-state index is 14.4. The van der Waals surface area contributed by atoms with E-state index < -0.39 is 59.8 Å². The van der Waals surface area contributed by atoms with Gasteiger partial charge < -0.3 is 30.1 Å². The largest absolute Gasteiger partial charge is 0.458 e. The molecule has 0 aliphatic heterocycles. The van der Waals surface area contributed by atoms with E-state index in [4.69, 9.17) is 9.47 Å². The number of carbonyl (C=O) groups excluding carboxylic acids is 4. The molecule has 0 aliphatic carbocycles. The highest BCUT2D eigenvalue weighted by molar-refractivity contribution is 5.94. The predicted octanol–water partition coefficient (Wildman–Crippen LogP) is 5.17. The highest BCUT2D eigenvalue weighted by Gasteiger charge is 2.39. The molecule has 0 saturated carbocycles. The molecular weight excluding hydrogens is 586 g/mol. The predicted molar refractivity (Wildman–Crippen MR) is 178 cm³/mol. The Morgan fingerprint density at radius 3 is 1.98 bits per heavy atom. The molecule has 2 aromatic rings. The number of carbonyl (C=O) groups is 4. The molecule has 0 heterocycles. The lowest BCUT2D eigenvalue weighted by Gasteiger charge is -2.36. The summed E-state index contributed by atoms with van der Waals surface area (Å²) in [6.07, 6.45) is -0.350. The van der Waals surface area contributed by atoms with Crippen LogP contribution in [0.5, 0.6) is 0 Å². The van der Waals surface area contributed by atoms with Crippen LogP contribution in [0.25, 0.3) is 0 Å². The van der Waals surface area contributed by atoms with Crippen molar-refractivity contribution >= 4 is 23.9 Å². The summed E-state index contributed by atoms with van der Waals surface area (Å²) in [7, 11) is 0. The first-order valence-corrected chi connectivity index (χ1v) is 15.9. The minimum absolute atomic E-state index is 0.00438. The molecule has 3 unspecified atom stereocenters. The van der Waals surface area contributed by atoms with Gasteiger partial charge in [0.15, 0.2) is 0 Å². The van der Waals surface area contributed by atoms with Gasteiger partial charge in [-0.15, -0.1) is 0 Å². The fraction of sp³-hybridized carbons (Fsp3) is 0.556. The van der Waals surface area contributed by atoms with Crippen molar-refractivity contribution in [2.24, 2.45) is 5.92 Å². The van der Waals surface area contributed by atoms with Gasteiger partial charge in [0.25, 0.3) is 0 Å². The van der Waals surface area contributed by atoms with Crippen molar-refractivity contribution in [2.75, 3.05) is 13.2 Å². The number of benzene rings is 2. The highest BCUT2D eigenvalue weighted by Crippen LogP contribution is 2.28. The fourth-order valence-corrected chi connectivity index (χ4v) is 5.00.